The topological polar surface area (TPSA) is 106 Å². The van der Waals surface area contributed by atoms with Crippen molar-refractivity contribution < 1.29 is 13.2 Å². The Labute approximate surface area is 118 Å². The number of nitrogen functional groups attached to an aromatic ring is 1. The second kappa shape index (κ2) is 6.04. The molecule has 0 unspecified atom stereocenters. The molecule has 0 atom stereocenters. The Morgan fingerprint density at radius 1 is 1.40 bits per heavy atom. The highest BCUT2D eigenvalue weighted by Crippen LogP contribution is 2.29. The third-order valence-electron chi connectivity index (χ3n) is 3.58. The molecule has 2 rings (SSSR count). The zero-order valence-corrected chi connectivity index (χ0v) is 12.2. The summed E-state index contributed by atoms with van der Waals surface area (Å²) in [5.41, 5.74) is 2.30. The maximum absolute atomic E-state index is 12.2. The largest absolute Gasteiger partial charge is 0.381 e. The van der Waals surface area contributed by atoms with Crippen LogP contribution < -0.4 is 16.0 Å². The molecular formula is C12H20N4O3S. The van der Waals surface area contributed by atoms with Gasteiger partial charge in [0, 0.05) is 26.0 Å². The van der Waals surface area contributed by atoms with Crippen molar-refractivity contribution in [1.29, 1.82) is 0 Å². The smallest absolute Gasteiger partial charge is 0.242 e. The first-order chi connectivity index (χ1) is 9.45. The van der Waals surface area contributed by atoms with Crippen LogP contribution in [-0.4, -0.2) is 33.2 Å². The summed E-state index contributed by atoms with van der Waals surface area (Å²) in [4.78, 5) is 4.03. The highest BCUT2D eigenvalue weighted by Gasteiger charge is 2.29. The van der Waals surface area contributed by atoms with Gasteiger partial charge in [0.1, 0.15) is 10.7 Å². The lowest BCUT2D eigenvalue weighted by atomic mass is 9.83. The Bertz CT molecular complexity index is 538. The Balaban J connectivity index is 2.02. The molecule has 0 spiro atoms. The molecule has 1 saturated heterocycles. The van der Waals surface area contributed by atoms with Crippen molar-refractivity contribution in [3.63, 3.8) is 0 Å². The number of rotatable bonds is 5. The van der Waals surface area contributed by atoms with Gasteiger partial charge in [-0.3, -0.25) is 0 Å². The molecule has 0 radical (unpaired) electrons. The molecule has 1 aliphatic heterocycles. The van der Waals surface area contributed by atoms with E-state index in [2.05, 4.69) is 22.1 Å². The summed E-state index contributed by atoms with van der Waals surface area (Å²) in [5, 5.41) is 0. The summed E-state index contributed by atoms with van der Waals surface area (Å²) < 4.78 is 32.3. The third kappa shape index (κ3) is 3.66. The van der Waals surface area contributed by atoms with Crippen LogP contribution in [0.25, 0.3) is 0 Å². The van der Waals surface area contributed by atoms with E-state index in [-0.39, 0.29) is 10.3 Å². The number of hydrogen-bond acceptors (Lipinski definition) is 6. The van der Waals surface area contributed by atoms with Gasteiger partial charge >= 0.3 is 0 Å². The molecule has 0 saturated carbocycles. The van der Waals surface area contributed by atoms with Gasteiger partial charge in [0.05, 0.1) is 0 Å². The Kier molecular flexibility index (Phi) is 4.59. The minimum Gasteiger partial charge on any atom is -0.381 e. The average Bonchev–Trinajstić information content (AvgIpc) is 2.46. The molecule has 1 aromatic rings. The zero-order chi connectivity index (χ0) is 14.6. The van der Waals surface area contributed by atoms with Crippen LogP contribution in [0.5, 0.6) is 0 Å². The van der Waals surface area contributed by atoms with Crippen LogP contribution in [-0.2, 0) is 14.8 Å². The fourth-order valence-corrected chi connectivity index (χ4v) is 3.16. The van der Waals surface area contributed by atoms with E-state index in [0.29, 0.717) is 25.6 Å². The Morgan fingerprint density at radius 3 is 2.65 bits per heavy atom. The molecular weight excluding hydrogens is 280 g/mol. The number of nitrogens with two attached hydrogens (primary N) is 1. The summed E-state index contributed by atoms with van der Waals surface area (Å²) in [7, 11) is -3.54. The first-order valence-corrected chi connectivity index (χ1v) is 7.94. The van der Waals surface area contributed by atoms with Gasteiger partial charge in [-0.1, -0.05) is 6.92 Å². The average molecular weight is 300 g/mol. The van der Waals surface area contributed by atoms with E-state index in [9.17, 15) is 8.42 Å². The molecule has 20 heavy (non-hydrogen) atoms. The van der Waals surface area contributed by atoms with Crippen LogP contribution in [0, 0.1) is 5.41 Å². The number of nitrogens with zero attached hydrogens (tertiary/aromatic N) is 1. The molecule has 0 aromatic carbocycles. The number of aromatic nitrogens is 1. The fourth-order valence-electron chi connectivity index (χ4n) is 2.02. The van der Waals surface area contributed by atoms with Crippen LogP contribution in [0.3, 0.4) is 0 Å². The SMILES string of the molecule is CC1(CNS(=O)(=O)c2ccc(NN)nc2)CCOCC1. The lowest BCUT2D eigenvalue weighted by Gasteiger charge is -2.33. The van der Waals surface area contributed by atoms with E-state index in [1.54, 1.807) is 0 Å². The van der Waals surface area contributed by atoms with Crippen molar-refractivity contribution in [2.24, 2.45) is 11.3 Å². The lowest BCUT2D eigenvalue weighted by Crippen LogP contribution is -2.39. The van der Waals surface area contributed by atoms with Crippen molar-refractivity contribution >= 4 is 15.8 Å². The fraction of sp³-hybridized carbons (Fsp3) is 0.583. The van der Waals surface area contributed by atoms with Crippen LogP contribution in [0.2, 0.25) is 0 Å². The number of ether oxygens (including phenoxy) is 1. The van der Waals surface area contributed by atoms with Gasteiger partial charge in [0.15, 0.2) is 0 Å². The molecule has 1 aliphatic rings. The maximum Gasteiger partial charge on any atom is 0.242 e. The maximum atomic E-state index is 12.2. The van der Waals surface area contributed by atoms with Gasteiger partial charge in [-0.05, 0) is 30.4 Å². The molecule has 2 heterocycles. The van der Waals surface area contributed by atoms with Crippen molar-refractivity contribution in [2.75, 3.05) is 25.2 Å². The molecule has 1 fully saturated rings. The molecule has 1 aromatic heterocycles. The predicted molar refractivity (Wildman–Crippen MR) is 75.4 cm³/mol. The van der Waals surface area contributed by atoms with Gasteiger partial charge < -0.3 is 10.2 Å². The van der Waals surface area contributed by atoms with Gasteiger partial charge in [-0.25, -0.2) is 24.0 Å². The molecule has 4 N–H and O–H groups in total. The number of anilines is 1. The standard InChI is InChI=1S/C12H20N4O3S/c1-12(4-6-19-7-5-12)9-15-20(17,18)10-2-3-11(16-13)14-8-10/h2-3,8,15H,4-7,9,13H2,1H3,(H,14,16). The summed E-state index contributed by atoms with van der Waals surface area (Å²) in [6, 6.07) is 2.99. The molecule has 8 heteroatoms. The van der Waals surface area contributed by atoms with E-state index in [1.807, 2.05) is 0 Å². The van der Waals surface area contributed by atoms with Gasteiger partial charge in [0.2, 0.25) is 10.0 Å². The van der Waals surface area contributed by atoms with Crippen LogP contribution in [0.4, 0.5) is 5.82 Å². The minimum atomic E-state index is -3.54. The Hall–Kier alpha value is -1.22. The summed E-state index contributed by atoms with van der Waals surface area (Å²) in [6.45, 7) is 3.82. The second-order valence-electron chi connectivity index (χ2n) is 5.27. The van der Waals surface area contributed by atoms with Crippen molar-refractivity contribution in [2.45, 2.75) is 24.7 Å². The van der Waals surface area contributed by atoms with Crippen LogP contribution in [0.15, 0.2) is 23.2 Å². The highest BCUT2D eigenvalue weighted by atomic mass is 32.2. The van der Waals surface area contributed by atoms with E-state index < -0.39 is 10.0 Å². The summed E-state index contributed by atoms with van der Waals surface area (Å²) >= 11 is 0. The second-order valence-corrected chi connectivity index (χ2v) is 7.04. The predicted octanol–water partition coefficient (Wildman–Crippen LogP) is 0.462. The normalized spacial score (nSPS) is 18.7. The molecule has 0 aliphatic carbocycles. The van der Waals surface area contributed by atoms with E-state index in [4.69, 9.17) is 10.6 Å². The molecule has 112 valence electrons. The number of hydrogen-bond donors (Lipinski definition) is 3. The summed E-state index contributed by atoms with van der Waals surface area (Å²) in [6.07, 6.45) is 2.98. The first-order valence-electron chi connectivity index (χ1n) is 6.45. The van der Waals surface area contributed by atoms with Crippen molar-refractivity contribution in [3.05, 3.63) is 18.3 Å². The van der Waals surface area contributed by atoms with E-state index >= 15 is 0 Å². The Morgan fingerprint density at radius 2 is 2.10 bits per heavy atom. The zero-order valence-electron chi connectivity index (χ0n) is 11.4. The van der Waals surface area contributed by atoms with Crippen molar-refractivity contribution in [1.82, 2.24) is 9.71 Å². The van der Waals surface area contributed by atoms with E-state index in [1.165, 1.54) is 18.3 Å². The van der Waals surface area contributed by atoms with Gasteiger partial charge in [-0.15, -0.1) is 0 Å². The van der Waals surface area contributed by atoms with Crippen molar-refractivity contribution in [3.8, 4) is 0 Å². The minimum absolute atomic E-state index is 0.0580. The first kappa shape index (κ1) is 15.2. The quantitative estimate of drug-likeness (QED) is 0.539. The number of nitrogens with one attached hydrogen (secondary N) is 2. The van der Waals surface area contributed by atoms with E-state index in [0.717, 1.165) is 12.8 Å². The highest BCUT2D eigenvalue weighted by molar-refractivity contribution is 7.89. The number of sulfonamides is 1. The monoisotopic (exact) mass is 300 g/mol. The lowest BCUT2D eigenvalue weighted by molar-refractivity contribution is 0.0264. The van der Waals surface area contributed by atoms with Crippen LogP contribution >= 0.6 is 0 Å². The van der Waals surface area contributed by atoms with Gasteiger partial charge in [0.25, 0.3) is 0 Å². The molecule has 7 nitrogen and oxygen atoms in total. The van der Waals surface area contributed by atoms with Crippen LogP contribution in [0.1, 0.15) is 19.8 Å². The third-order valence-corrected chi connectivity index (χ3v) is 4.97. The molecule has 0 amide bonds. The number of hydrazine groups is 1. The van der Waals surface area contributed by atoms with Gasteiger partial charge in [-0.2, -0.15) is 0 Å². The molecule has 0 bridgehead atoms. The summed E-state index contributed by atoms with van der Waals surface area (Å²) in [5.74, 6) is 5.61. The number of pyridine rings is 1.